The van der Waals surface area contributed by atoms with Crippen LogP contribution in [0.1, 0.15) is 13.8 Å². The third-order valence-corrected chi connectivity index (χ3v) is 3.97. The fraction of sp³-hybridized carbons (Fsp3) is 0.615. The summed E-state index contributed by atoms with van der Waals surface area (Å²) in [6.45, 7) is 3.83. The Bertz CT molecular complexity index is 426. The van der Waals surface area contributed by atoms with Gasteiger partial charge in [0.25, 0.3) is 0 Å². The third kappa shape index (κ3) is 2.94. The third-order valence-electron chi connectivity index (χ3n) is 3.97. The summed E-state index contributed by atoms with van der Waals surface area (Å²) in [7, 11) is 0. The smallest absolute Gasteiger partial charge is 0.387 e. The molecule has 1 aliphatic rings. The second-order valence-electron chi connectivity index (χ2n) is 5.37. The molecule has 1 fully saturated rings. The number of aromatic nitrogens is 1. The van der Waals surface area contributed by atoms with Crippen molar-refractivity contribution in [3.8, 4) is 5.75 Å². The first kappa shape index (κ1) is 14.0. The molecule has 1 saturated heterocycles. The van der Waals surface area contributed by atoms with E-state index in [1.165, 1.54) is 12.3 Å². The molecule has 1 aromatic heterocycles. The minimum absolute atomic E-state index is 0.0693. The molecule has 2 rings (SSSR count). The second-order valence-corrected chi connectivity index (χ2v) is 5.37. The quantitative estimate of drug-likeness (QED) is 0.911. The van der Waals surface area contributed by atoms with Crippen molar-refractivity contribution in [1.29, 1.82) is 0 Å². The molecule has 2 N–H and O–H groups in total. The maximum atomic E-state index is 12.0. The predicted molar refractivity (Wildman–Crippen MR) is 69.4 cm³/mol. The summed E-state index contributed by atoms with van der Waals surface area (Å²) in [4.78, 5) is 6.30. The maximum absolute atomic E-state index is 12.0. The van der Waals surface area contributed by atoms with Gasteiger partial charge in [0.15, 0.2) is 0 Å². The molecule has 1 aliphatic heterocycles. The number of hydrogen-bond donors (Lipinski definition) is 1. The Kier molecular flexibility index (Phi) is 3.89. The zero-order valence-corrected chi connectivity index (χ0v) is 11.1. The van der Waals surface area contributed by atoms with Gasteiger partial charge in [-0.3, -0.25) is 0 Å². The highest BCUT2D eigenvalue weighted by Gasteiger charge is 2.39. The molecular formula is C13H19F2N3O. The van der Waals surface area contributed by atoms with E-state index in [-0.39, 0.29) is 11.2 Å². The SMILES string of the molecule is C[C@@H]1CN(c2ccc(OC(F)F)cn2)C[C@@]1(C)CN. The number of ether oxygens (including phenoxy) is 1. The summed E-state index contributed by atoms with van der Waals surface area (Å²) in [6.07, 6.45) is 1.32. The van der Waals surface area contributed by atoms with Crippen molar-refractivity contribution in [3.63, 3.8) is 0 Å². The van der Waals surface area contributed by atoms with Crippen molar-refractivity contribution in [1.82, 2.24) is 4.98 Å². The summed E-state index contributed by atoms with van der Waals surface area (Å²) < 4.78 is 28.4. The second kappa shape index (κ2) is 5.28. The molecular weight excluding hydrogens is 252 g/mol. The number of anilines is 1. The van der Waals surface area contributed by atoms with Crippen LogP contribution in [-0.4, -0.2) is 31.2 Å². The molecule has 2 atom stereocenters. The zero-order chi connectivity index (χ0) is 14.0. The lowest BCUT2D eigenvalue weighted by Crippen LogP contribution is -2.34. The van der Waals surface area contributed by atoms with Crippen LogP contribution in [0.15, 0.2) is 18.3 Å². The number of nitrogens with zero attached hydrogens (tertiary/aromatic N) is 2. The Morgan fingerprint density at radius 3 is 2.79 bits per heavy atom. The van der Waals surface area contributed by atoms with Crippen molar-refractivity contribution in [2.45, 2.75) is 20.5 Å². The van der Waals surface area contributed by atoms with Gasteiger partial charge in [0, 0.05) is 18.5 Å². The Morgan fingerprint density at radius 2 is 2.32 bits per heavy atom. The maximum Gasteiger partial charge on any atom is 0.387 e. The van der Waals surface area contributed by atoms with Gasteiger partial charge in [-0.15, -0.1) is 0 Å². The lowest BCUT2D eigenvalue weighted by molar-refractivity contribution is -0.0500. The average Bonchev–Trinajstić information content (AvgIpc) is 2.67. The van der Waals surface area contributed by atoms with Crippen LogP contribution in [0.3, 0.4) is 0 Å². The van der Waals surface area contributed by atoms with Crippen molar-refractivity contribution >= 4 is 5.82 Å². The molecule has 4 nitrogen and oxygen atoms in total. The minimum Gasteiger partial charge on any atom is -0.433 e. The van der Waals surface area contributed by atoms with E-state index in [0.29, 0.717) is 12.5 Å². The molecule has 0 amide bonds. The van der Waals surface area contributed by atoms with E-state index in [1.807, 2.05) is 0 Å². The standard InChI is InChI=1S/C13H19F2N3O/c1-9-6-18(8-13(9,2)7-16)11-4-3-10(5-17-11)19-12(14)15/h3-5,9,12H,6-8,16H2,1-2H3/t9-,13-/m1/s1. The summed E-state index contributed by atoms with van der Waals surface area (Å²) in [5.41, 5.74) is 5.90. The zero-order valence-electron chi connectivity index (χ0n) is 11.1. The number of rotatable bonds is 4. The van der Waals surface area contributed by atoms with Gasteiger partial charge in [0.1, 0.15) is 11.6 Å². The van der Waals surface area contributed by atoms with Gasteiger partial charge in [-0.05, 0) is 24.6 Å². The molecule has 1 aromatic rings. The van der Waals surface area contributed by atoms with Crippen LogP contribution in [0.2, 0.25) is 0 Å². The van der Waals surface area contributed by atoms with Crippen molar-refractivity contribution in [3.05, 3.63) is 18.3 Å². The van der Waals surface area contributed by atoms with Crippen LogP contribution < -0.4 is 15.4 Å². The van der Waals surface area contributed by atoms with Crippen LogP contribution in [0, 0.1) is 11.3 Å². The van der Waals surface area contributed by atoms with Gasteiger partial charge in [0.05, 0.1) is 6.20 Å². The molecule has 2 heterocycles. The Labute approximate surface area is 111 Å². The topological polar surface area (TPSA) is 51.4 Å². The molecule has 106 valence electrons. The lowest BCUT2D eigenvalue weighted by atomic mass is 9.81. The average molecular weight is 271 g/mol. The highest BCUT2D eigenvalue weighted by Crippen LogP contribution is 2.36. The molecule has 0 unspecified atom stereocenters. The first-order chi connectivity index (χ1) is 8.94. The molecule has 0 radical (unpaired) electrons. The largest absolute Gasteiger partial charge is 0.433 e. The Hall–Kier alpha value is -1.43. The summed E-state index contributed by atoms with van der Waals surface area (Å²) in [5, 5.41) is 0. The number of hydrogen-bond acceptors (Lipinski definition) is 4. The monoisotopic (exact) mass is 271 g/mol. The van der Waals surface area contributed by atoms with Crippen LogP contribution >= 0.6 is 0 Å². The van der Waals surface area contributed by atoms with Crippen LogP contribution in [0.25, 0.3) is 0 Å². The van der Waals surface area contributed by atoms with E-state index in [0.717, 1.165) is 18.9 Å². The van der Waals surface area contributed by atoms with E-state index in [2.05, 4.69) is 28.5 Å². The van der Waals surface area contributed by atoms with Crippen LogP contribution in [0.4, 0.5) is 14.6 Å². The Balaban J connectivity index is 2.07. The van der Waals surface area contributed by atoms with E-state index < -0.39 is 6.61 Å². The van der Waals surface area contributed by atoms with Gasteiger partial charge < -0.3 is 15.4 Å². The van der Waals surface area contributed by atoms with E-state index in [9.17, 15) is 8.78 Å². The van der Waals surface area contributed by atoms with E-state index >= 15 is 0 Å². The number of nitrogens with two attached hydrogens (primary N) is 1. The normalized spacial score (nSPS) is 27.1. The fourth-order valence-corrected chi connectivity index (χ4v) is 2.38. The summed E-state index contributed by atoms with van der Waals surface area (Å²) >= 11 is 0. The molecule has 0 bridgehead atoms. The van der Waals surface area contributed by atoms with Crippen molar-refractivity contribution in [2.24, 2.45) is 17.1 Å². The fourth-order valence-electron chi connectivity index (χ4n) is 2.38. The van der Waals surface area contributed by atoms with Gasteiger partial charge in [0.2, 0.25) is 0 Å². The molecule has 0 aliphatic carbocycles. The Morgan fingerprint density at radius 1 is 1.58 bits per heavy atom. The van der Waals surface area contributed by atoms with Gasteiger partial charge in [-0.25, -0.2) is 4.98 Å². The predicted octanol–water partition coefficient (Wildman–Crippen LogP) is 2.10. The highest BCUT2D eigenvalue weighted by molar-refractivity contribution is 5.43. The first-order valence-corrected chi connectivity index (χ1v) is 6.30. The number of alkyl halides is 2. The molecule has 0 saturated carbocycles. The molecule has 0 spiro atoms. The van der Waals surface area contributed by atoms with Crippen molar-refractivity contribution in [2.75, 3.05) is 24.5 Å². The summed E-state index contributed by atoms with van der Waals surface area (Å²) in [6, 6.07) is 3.21. The molecule has 6 heteroatoms. The van der Waals surface area contributed by atoms with Crippen molar-refractivity contribution < 1.29 is 13.5 Å². The summed E-state index contributed by atoms with van der Waals surface area (Å²) in [5.74, 6) is 1.31. The van der Waals surface area contributed by atoms with E-state index in [4.69, 9.17) is 5.73 Å². The van der Waals surface area contributed by atoms with Gasteiger partial charge in [-0.1, -0.05) is 13.8 Å². The first-order valence-electron chi connectivity index (χ1n) is 6.30. The van der Waals surface area contributed by atoms with Crippen LogP contribution in [-0.2, 0) is 0 Å². The molecule has 19 heavy (non-hydrogen) atoms. The van der Waals surface area contributed by atoms with E-state index in [1.54, 1.807) is 6.07 Å². The molecule has 0 aromatic carbocycles. The van der Waals surface area contributed by atoms with Gasteiger partial charge >= 0.3 is 6.61 Å². The highest BCUT2D eigenvalue weighted by atomic mass is 19.3. The number of pyridine rings is 1. The number of halogens is 2. The van der Waals surface area contributed by atoms with Gasteiger partial charge in [-0.2, -0.15) is 8.78 Å². The van der Waals surface area contributed by atoms with Crippen LogP contribution in [0.5, 0.6) is 5.75 Å². The lowest BCUT2D eigenvalue weighted by Gasteiger charge is -2.26. The minimum atomic E-state index is -2.82.